The third-order valence-electron chi connectivity index (χ3n) is 1.88. The van der Waals surface area contributed by atoms with Crippen molar-refractivity contribution in [3.05, 3.63) is 23.8 Å². The zero-order valence-corrected chi connectivity index (χ0v) is 9.34. The minimum atomic E-state index is -3.80. The molecule has 1 rings (SSSR count). The van der Waals surface area contributed by atoms with Crippen molar-refractivity contribution < 1.29 is 18.4 Å². The molecule has 1 aromatic rings. The van der Waals surface area contributed by atoms with E-state index in [9.17, 15) is 8.42 Å². The number of sulfonamides is 1. The van der Waals surface area contributed by atoms with Crippen molar-refractivity contribution in [2.45, 2.75) is 18.7 Å². The summed E-state index contributed by atoms with van der Waals surface area (Å²) in [4.78, 5) is 1.27. The Kier molecular flexibility index (Phi) is 3.67. The fraction of sp³-hybridized carbons (Fsp3) is 0.333. The Labute approximate surface area is 88.7 Å². The quantitative estimate of drug-likeness (QED) is 0.760. The largest absolute Gasteiger partial charge is 0.494 e. The van der Waals surface area contributed by atoms with Crippen LogP contribution in [0.4, 0.5) is 0 Å². The van der Waals surface area contributed by atoms with Gasteiger partial charge in [-0.1, -0.05) is 4.89 Å². The van der Waals surface area contributed by atoms with Gasteiger partial charge in [0.2, 0.25) is 0 Å². The van der Waals surface area contributed by atoms with E-state index in [1.165, 1.54) is 17.0 Å². The van der Waals surface area contributed by atoms with Gasteiger partial charge in [0.1, 0.15) is 5.75 Å². The van der Waals surface area contributed by atoms with Gasteiger partial charge >= 0.3 is 0 Å². The van der Waals surface area contributed by atoms with Crippen molar-refractivity contribution >= 4 is 10.0 Å². The molecule has 0 aliphatic rings. The number of ether oxygens (including phenoxy) is 1. The van der Waals surface area contributed by atoms with Gasteiger partial charge in [-0.3, -0.25) is 0 Å². The van der Waals surface area contributed by atoms with Gasteiger partial charge in [-0.2, -0.15) is 0 Å². The molecule has 0 fully saturated rings. The van der Waals surface area contributed by atoms with E-state index in [2.05, 4.69) is 0 Å². The van der Waals surface area contributed by atoms with Crippen molar-refractivity contribution in [3.63, 3.8) is 0 Å². The standard InChI is InChI=1S/C9H13NO4S/c1-3-14-9-5-4-8(6-7(9)2)15(12,13)10-11/h4-6,10-11H,3H2,1-2H3. The van der Waals surface area contributed by atoms with E-state index in [1.54, 1.807) is 13.0 Å². The molecule has 0 atom stereocenters. The average molecular weight is 231 g/mol. The molecule has 0 saturated carbocycles. The first kappa shape index (κ1) is 12.0. The van der Waals surface area contributed by atoms with Crippen LogP contribution in [-0.4, -0.2) is 20.2 Å². The first-order valence-corrected chi connectivity index (χ1v) is 5.89. The highest BCUT2D eigenvalue weighted by atomic mass is 32.2. The molecule has 0 heterocycles. The zero-order chi connectivity index (χ0) is 11.5. The zero-order valence-electron chi connectivity index (χ0n) is 8.52. The van der Waals surface area contributed by atoms with Crippen LogP contribution < -0.4 is 9.62 Å². The van der Waals surface area contributed by atoms with Gasteiger partial charge in [0.15, 0.2) is 0 Å². The summed E-state index contributed by atoms with van der Waals surface area (Å²) in [6.07, 6.45) is 0. The molecule has 6 heteroatoms. The topological polar surface area (TPSA) is 75.6 Å². The molecule has 2 N–H and O–H groups in total. The molecule has 5 nitrogen and oxygen atoms in total. The van der Waals surface area contributed by atoms with Crippen LogP contribution in [0.15, 0.2) is 23.1 Å². The van der Waals surface area contributed by atoms with Gasteiger partial charge in [-0.05, 0) is 37.6 Å². The Morgan fingerprint density at radius 2 is 2.13 bits per heavy atom. The smallest absolute Gasteiger partial charge is 0.262 e. The van der Waals surface area contributed by atoms with Gasteiger partial charge in [-0.15, -0.1) is 0 Å². The van der Waals surface area contributed by atoms with Crippen molar-refractivity contribution in [1.29, 1.82) is 0 Å². The Balaban J connectivity index is 3.12. The normalized spacial score (nSPS) is 11.4. The second-order valence-corrected chi connectivity index (χ2v) is 4.62. The van der Waals surface area contributed by atoms with E-state index in [0.717, 1.165) is 0 Å². The summed E-state index contributed by atoms with van der Waals surface area (Å²) in [6.45, 7) is 4.10. The van der Waals surface area contributed by atoms with E-state index in [0.29, 0.717) is 17.9 Å². The number of rotatable bonds is 4. The molecule has 0 aromatic heterocycles. The van der Waals surface area contributed by atoms with Gasteiger partial charge < -0.3 is 9.94 Å². The van der Waals surface area contributed by atoms with Crippen molar-refractivity contribution in [3.8, 4) is 5.75 Å². The number of hydrogen-bond donors (Lipinski definition) is 2. The van der Waals surface area contributed by atoms with E-state index >= 15 is 0 Å². The average Bonchev–Trinajstić information content (AvgIpc) is 2.21. The molecule has 0 radical (unpaired) electrons. The van der Waals surface area contributed by atoms with E-state index in [-0.39, 0.29) is 4.90 Å². The van der Waals surface area contributed by atoms with E-state index in [4.69, 9.17) is 9.94 Å². The van der Waals surface area contributed by atoms with Crippen molar-refractivity contribution in [1.82, 2.24) is 4.89 Å². The van der Waals surface area contributed by atoms with Crippen LogP contribution in [0.3, 0.4) is 0 Å². The number of hydrogen-bond acceptors (Lipinski definition) is 4. The Hall–Kier alpha value is -1.11. The van der Waals surface area contributed by atoms with Crippen LogP contribution in [0.25, 0.3) is 0 Å². The molecule has 0 aliphatic carbocycles. The molecule has 0 unspecified atom stereocenters. The Morgan fingerprint density at radius 1 is 1.47 bits per heavy atom. The van der Waals surface area contributed by atoms with Gasteiger partial charge in [0.05, 0.1) is 11.5 Å². The highest BCUT2D eigenvalue weighted by Crippen LogP contribution is 2.21. The van der Waals surface area contributed by atoms with Crippen LogP contribution in [0.2, 0.25) is 0 Å². The summed E-state index contributed by atoms with van der Waals surface area (Å²) >= 11 is 0. The maximum Gasteiger partial charge on any atom is 0.262 e. The molecular weight excluding hydrogens is 218 g/mol. The Morgan fingerprint density at radius 3 is 2.60 bits per heavy atom. The molecular formula is C9H13NO4S. The SMILES string of the molecule is CCOc1ccc(S(=O)(=O)NO)cc1C. The molecule has 84 valence electrons. The second-order valence-electron chi connectivity index (χ2n) is 2.96. The number of nitrogens with one attached hydrogen (secondary N) is 1. The third-order valence-corrected chi connectivity index (χ3v) is 2.99. The minimum Gasteiger partial charge on any atom is -0.494 e. The van der Waals surface area contributed by atoms with Crippen LogP contribution in [0, 0.1) is 6.92 Å². The first-order chi connectivity index (χ1) is 7.01. The third kappa shape index (κ3) is 2.68. The highest BCUT2D eigenvalue weighted by Gasteiger charge is 2.13. The molecule has 0 bridgehead atoms. The first-order valence-electron chi connectivity index (χ1n) is 4.40. The summed E-state index contributed by atoms with van der Waals surface area (Å²) in [5.74, 6) is 0.634. The van der Waals surface area contributed by atoms with Gasteiger partial charge in [-0.25, -0.2) is 8.42 Å². The van der Waals surface area contributed by atoms with E-state index in [1.807, 2.05) is 6.92 Å². The Bertz CT molecular complexity index is 441. The van der Waals surface area contributed by atoms with Crippen molar-refractivity contribution in [2.24, 2.45) is 0 Å². The number of aryl methyl sites for hydroxylation is 1. The predicted molar refractivity (Wildman–Crippen MR) is 54.5 cm³/mol. The summed E-state index contributed by atoms with van der Waals surface area (Å²) in [7, 11) is -3.80. The van der Waals surface area contributed by atoms with E-state index < -0.39 is 10.0 Å². The summed E-state index contributed by atoms with van der Waals surface area (Å²) in [6, 6.07) is 4.36. The summed E-state index contributed by atoms with van der Waals surface area (Å²) in [5, 5.41) is 8.44. The summed E-state index contributed by atoms with van der Waals surface area (Å²) < 4.78 is 27.7. The lowest BCUT2D eigenvalue weighted by Gasteiger charge is -2.08. The monoisotopic (exact) mass is 231 g/mol. The molecule has 0 aliphatic heterocycles. The summed E-state index contributed by atoms with van der Waals surface area (Å²) in [5.41, 5.74) is 0.702. The fourth-order valence-electron chi connectivity index (χ4n) is 1.16. The molecule has 1 aromatic carbocycles. The fourth-order valence-corrected chi connectivity index (χ4v) is 1.84. The van der Waals surface area contributed by atoms with Crippen LogP contribution in [0.5, 0.6) is 5.75 Å². The van der Waals surface area contributed by atoms with Crippen LogP contribution >= 0.6 is 0 Å². The molecule has 0 amide bonds. The highest BCUT2D eigenvalue weighted by molar-refractivity contribution is 7.89. The number of benzene rings is 1. The molecule has 0 saturated heterocycles. The lowest BCUT2D eigenvalue weighted by Crippen LogP contribution is -2.19. The minimum absolute atomic E-state index is 0.00551. The van der Waals surface area contributed by atoms with Crippen LogP contribution in [0.1, 0.15) is 12.5 Å². The predicted octanol–water partition coefficient (Wildman–Crippen LogP) is 1.06. The lowest BCUT2D eigenvalue weighted by atomic mass is 10.2. The van der Waals surface area contributed by atoms with Gasteiger partial charge in [0.25, 0.3) is 10.0 Å². The van der Waals surface area contributed by atoms with Crippen molar-refractivity contribution in [2.75, 3.05) is 6.61 Å². The maximum absolute atomic E-state index is 11.2. The second kappa shape index (κ2) is 4.61. The maximum atomic E-state index is 11.2. The van der Waals surface area contributed by atoms with Crippen LogP contribution in [-0.2, 0) is 10.0 Å². The lowest BCUT2D eigenvalue weighted by molar-refractivity contribution is 0.242. The van der Waals surface area contributed by atoms with Gasteiger partial charge in [0, 0.05) is 0 Å². The molecule has 15 heavy (non-hydrogen) atoms. The molecule has 0 spiro atoms.